The van der Waals surface area contributed by atoms with E-state index in [9.17, 15) is 22.4 Å². The van der Waals surface area contributed by atoms with Gasteiger partial charge in [0.05, 0.1) is 16.1 Å². The summed E-state index contributed by atoms with van der Waals surface area (Å²) in [4.78, 5) is 25.3. The summed E-state index contributed by atoms with van der Waals surface area (Å²) < 4.78 is 41.5. The molecule has 34 heavy (non-hydrogen) atoms. The molecule has 0 aliphatic carbocycles. The summed E-state index contributed by atoms with van der Waals surface area (Å²) in [6, 6.07) is 16.1. The fourth-order valence-corrected chi connectivity index (χ4v) is 4.13. The maximum atomic E-state index is 13.8. The van der Waals surface area contributed by atoms with Crippen LogP contribution in [-0.2, 0) is 10.0 Å². The van der Waals surface area contributed by atoms with E-state index in [-0.39, 0.29) is 22.1 Å². The first kappa shape index (κ1) is 24.9. The number of benzene rings is 3. The number of nitrogens with one attached hydrogen (secondary N) is 3. The minimum absolute atomic E-state index is 0.132. The largest absolute Gasteiger partial charge is 0.347 e. The van der Waals surface area contributed by atoms with Crippen molar-refractivity contribution in [2.45, 2.75) is 38.1 Å². The van der Waals surface area contributed by atoms with Crippen LogP contribution in [0.25, 0.3) is 0 Å². The number of aryl methyl sites for hydroxylation is 1. The van der Waals surface area contributed by atoms with Gasteiger partial charge in [-0.25, -0.2) is 12.8 Å². The van der Waals surface area contributed by atoms with Gasteiger partial charge in [-0.05, 0) is 75.7 Å². The second-order valence-electron chi connectivity index (χ2n) is 8.80. The van der Waals surface area contributed by atoms with Crippen molar-refractivity contribution in [1.29, 1.82) is 0 Å². The number of halogens is 1. The molecule has 3 N–H and O–H groups in total. The van der Waals surface area contributed by atoms with Gasteiger partial charge in [0, 0.05) is 16.8 Å². The summed E-state index contributed by atoms with van der Waals surface area (Å²) in [5.41, 5.74) is 0.780. The van der Waals surface area contributed by atoms with E-state index >= 15 is 0 Å². The molecule has 0 bridgehead atoms. The fraction of sp³-hybridized carbons (Fsp3) is 0.200. The van der Waals surface area contributed by atoms with Crippen molar-refractivity contribution in [1.82, 2.24) is 5.32 Å². The molecular weight excluding hydrogens is 457 g/mol. The number of rotatable bonds is 6. The monoisotopic (exact) mass is 483 g/mol. The van der Waals surface area contributed by atoms with Gasteiger partial charge >= 0.3 is 0 Å². The third kappa shape index (κ3) is 6.20. The highest BCUT2D eigenvalue weighted by atomic mass is 32.2. The van der Waals surface area contributed by atoms with Gasteiger partial charge < -0.3 is 10.6 Å². The van der Waals surface area contributed by atoms with Gasteiger partial charge in [-0.1, -0.05) is 24.3 Å². The molecule has 2 amide bonds. The third-order valence-electron chi connectivity index (χ3n) is 4.74. The predicted molar refractivity (Wildman–Crippen MR) is 130 cm³/mol. The minimum Gasteiger partial charge on any atom is -0.347 e. The lowest BCUT2D eigenvalue weighted by Crippen LogP contribution is -2.40. The van der Waals surface area contributed by atoms with E-state index in [0.29, 0.717) is 16.8 Å². The Morgan fingerprint density at radius 3 is 2.26 bits per heavy atom. The van der Waals surface area contributed by atoms with Crippen LogP contribution < -0.4 is 15.4 Å². The molecule has 0 saturated heterocycles. The quantitative estimate of drug-likeness (QED) is 0.472. The molecule has 3 rings (SSSR count). The first-order valence-corrected chi connectivity index (χ1v) is 12.0. The van der Waals surface area contributed by atoms with Crippen molar-refractivity contribution in [2.75, 3.05) is 10.0 Å². The Labute approximate surface area is 198 Å². The van der Waals surface area contributed by atoms with Crippen molar-refractivity contribution in [3.05, 3.63) is 89.2 Å². The summed E-state index contributed by atoms with van der Waals surface area (Å²) in [6.45, 7) is 7.09. The van der Waals surface area contributed by atoms with Crippen molar-refractivity contribution in [3.63, 3.8) is 0 Å². The van der Waals surface area contributed by atoms with Gasteiger partial charge in [0.1, 0.15) is 5.82 Å². The fourth-order valence-electron chi connectivity index (χ4n) is 3.07. The van der Waals surface area contributed by atoms with Crippen molar-refractivity contribution in [2.24, 2.45) is 0 Å². The molecule has 0 saturated carbocycles. The molecular formula is C25H26FN3O4S. The van der Waals surface area contributed by atoms with Crippen LogP contribution in [0.2, 0.25) is 0 Å². The summed E-state index contributed by atoms with van der Waals surface area (Å²) >= 11 is 0. The maximum absolute atomic E-state index is 13.8. The number of hydrogen-bond acceptors (Lipinski definition) is 4. The zero-order chi connectivity index (χ0) is 25.1. The number of sulfonamides is 1. The Hall–Kier alpha value is -3.72. The van der Waals surface area contributed by atoms with Gasteiger partial charge in [0.2, 0.25) is 0 Å². The molecule has 0 aliphatic rings. The van der Waals surface area contributed by atoms with Crippen molar-refractivity contribution < 1.29 is 22.4 Å². The van der Waals surface area contributed by atoms with E-state index in [0.717, 1.165) is 6.07 Å². The molecule has 0 spiro atoms. The number of carbonyl (C=O) groups is 2. The average Bonchev–Trinajstić information content (AvgIpc) is 2.74. The van der Waals surface area contributed by atoms with Gasteiger partial charge in [-0.3, -0.25) is 14.3 Å². The summed E-state index contributed by atoms with van der Waals surface area (Å²) in [5, 5.41) is 5.56. The molecule has 0 aliphatic heterocycles. The molecule has 9 heteroatoms. The molecule has 178 valence electrons. The molecule has 0 aromatic heterocycles. The van der Waals surface area contributed by atoms with Crippen molar-refractivity contribution in [3.8, 4) is 0 Å². The van der Waals surface area contributed by atoms with Crippen LogP contribution in [0.3, 0.4) is 0 Å². The maximum Gasteiger partial charge on any atom is 0.261 e. The van der Waals surface area contributed by atoms with Crippen molar-refractivity contribution >= 4 is 33.2 Å². The highest BCUT2D eigenvalue weighted by molar-refractivity contribution is 7.92. The number of hydrogen-bond donors (Lipinski definition) is 3. The summed E-state index contributed by atoms with van der Waals surface area (Å²) in [6.07, 6.45) is 0. The Kier molecular flexibility index (Phi) is 7.07. The molecule has 3 aromatic rings. The minimum atomic E-state index is -4.06. The Balaban J connectivity index is 1.81. The zero-order valence-electron chi connectivity index (χ0n) is 19.3. The highest BCUT2D eigenvalue weighted by Crippen LogP contribution is 2.21. The Morgan fingerprint density at radius 1 is 0.882 bits per heavy atom. The summed E-state index contributed by atoms with van der Waals surface area (Å²) in [7, 11) is -4.06. The van der Waals surface area contributed by atoms with Gasteiger partial charge in [-0.15, -0.1) is 0 Å². The lowest BCUT2D eigenvalue weighted by molar-refractivity contribution is 0.0920. The molecule has 0 heterocycles. The number of para-hydroxylation sites is 1. The van der Waals surface area contributed by atoms with Gasteiger partial charge in [0.25, 0.3) is 21.8 Å². The first-order chi connectivity index (χ1) is 15.9. The number of amides is 2. The van der Waals surface area contributed by atoms with E-state index in [1.807, 2.05) is 20.8 Å². The standard InChI is InChI=1S/C25H26FN3O4S/c1-16-12-13-19(15-21(16)26)34(32,33)29-18-9-7-8-17(14-18)23(30)27-22-11-6-5-10-20(22)24(31)28-25(2,3)4/h5-15,29H,1-4H3,(H,27,30)(H,28,31). The molecule has 7 nitrogen and oxygen atoms in total. The topological polar surface area (TPSA) is 104 Å². The number of anilines is 2. The molecule has 0 atom stereocenters. The second-order valence-corrected chi connectivity index (χ2v) is 10.5. The molecule has 0 unspecified atom stereocenters. The lowest BCUT2D eigenvalue weighted by Gasteiger charge is -2.21. The van der Waals surface area contributed by atoms with Crippen LogP contribution in [0.15, 0.2) is 71.6 Å². The predicted octanol–water partition coefficient (Wildman–Crippen LogP) is 4.72. The van der Waals surface area contributed by atoms with Crippen LogP contribution in [0.5, 0.6) is 0 Å². The van der Waals surface area contributed by atoms with Gasteiger partial charge in [-0.2, -0.15) is 0 Å². The average molecular weight is 484 g/mol. The van der Waals surface area contributed by atoms with Crippen LogP contribution in [-0.4, -0.2) is 25.8 Å². The first-order valence-electron chi connectivity index (χ1n) is 10.5. The highest BCUT2D eigenvalue weighted by Gasteiger charge is 2.20. The van der Waals surface area contributed by atoms with Crippen LogP contribution in [0.1, 0.15) is 47.1 Å². The Morgan fingerprint density at radius 2 is 1.59 bits per heavy atom. The van der Waals surface area contributed by atoms with E-state index in [2.05, 4.69) is 15.4 Å². The van der Waals surface area contributed by atoms with Crippen LogP contribution in [0, 0.1) is 12.7 Å². The normalized spacial score (nSPS) is 11.6. The van der Waals surface area contributed by atoms with Crippen LogP contribution >= 0.6 is 0 Å². The molecule has 3 aromatic carbocycles. The molecule has 0 radical (unpaired) electrons. The SMILES string of the molecule is Cc1ccc(S(=O)(=O)Nc2cccc(C(=O)Nc3ccccc3C(=O)NC(C)(C)C)c2)cc1F. The molecule has 0 fully saturated rings. The van der Waals surface area contributed by atoms with E-state index in [1.165, 1.54) is 43.3 Å². The van der Waals surface area contributed by atoms with Gasteiger partial charge in [0.15, 0.2) is 0 Å². The van der Waals surface area contributed by atoms with E-state index in [1.54, 1.807) is 24.3 Å². The van der Waals surface area contributed by atoms with E-state index in [4.69, 9.17) is 0 Å². The number of carbonyl (C=O) groups excluding carboxylic acids is 2. The van der Waals surface area contributed by atoms with Crippen LogP contribution in [0.4, 0.5) is 15.8 Å². The van der Waals surface area contributed by atoms with E-state index < -0.39 is 27.3 Å². The second kappa shape index (κ2) is 9.64. The Bertz CT molecular complexity index is 1350. The zero-order valence-corrected chi connectivity index (χ0v) is 20.1. The third-order valence-corrected chi connectivity index (χ3v) is 6.12. The summed E-state index contributed by atoms with van der Waals surface area (Å²) in [5.74, 6) is -1.50. The smallest absolute Gasteiger partial charge is 0.261 e. The lowest BCUT2D eigenvalue weighted by atomic mass is 10.1.